The molecule has 0 bridgehead atoms. The predicted octanol–water partition coefficient (Wildman–Crippen LogP) is 2.95. The van der Waals surface area contributed by atoms with E-state index >= 15 is 0 Å². The van der Waals surface area contributed by atoms with Crippen LogP contribution in [0, 0.1) is 0 Å². The van der Waals surface area contributed by atoms with Crippen LogP contribution in [-0.2, 0) is 6.42 Å². The number of phenolic OH excluding ortho intramolecular Hbond substituents is 1. The van der Waals surface area contributed by atoms with Gasteiger partial charge in [-0.3, -0.25) is 4.79 Å². The van der Waals surface area contributed by atoms with E-state index in [2.05, 4.69) is 6.92 Å². The molecule has 0 aliphatic rings. The molecule has 0 fully saturated rings. The number of benzene rings is 1. The van der Waals surface area contributed by atoms with Crippen molar-refractivity contribution in [3.05, 3.63) is 23.3 Å². The molecule has 1 aromatic carbocycles. The monoisotopic (exact) mass is 222 g/mol. The summed E-state index contributed by atoms with van der Waals surface area (Å²) in [7, 11) is 1.51. The summed E-state index contributed by atoms with van der Waals surface area (Å²) in [4.78, 5) is 10.9. The SMILES string of the molecule is CCCCCc1c(C=O)ccc(OC)c1O. The molecule has 0 aliphatic carbocycles. The lowest BCUT2D eigenvalue weighted by Crippen LogP contribution is -1.96. The van der Waals surface area contributed by atoms with Gasteiger partial charge in [0, 0.05) is 11.1 Å². The summed E-state index contributed by atoms with van der Waals surface area (Å²) in [5.74, 6) is 0.528. The molecule has 0 aromatic heterocycles. The predicted molar refractivity (Wildman–Crippen MR) is 63.3 cm³/mol. The van der Waals surface area contributed by atoms with Crippen LogP contribution >= 0.6 is 0 Å². The molecule has 1 rings (SSSR count). The fourth-order valence-corrected chi connectivity index (χ4v) is 1.72. The van der Waals surface area contributed by atoms with Gasteiger partial charge >= 0.3 is 0 Å². The topological polar surface area (TPSA) is 46.5 Å². The highest BCUT2D eigenvalue weighted by Gasteiger charge is 2.12. The van der Waals surface area contributed by atoms with Gasteiger partial charge in [0.15, 0.2) is 11.5 Å². The lowest BCUT2D eigenvalue weighted by atomic mass is 10.0. The summed E-state index contributed by atoms with van der Waals surface area (Å²) in [6.45, 7) is 2.12. The molecule has 0 atom stereocenters. The number of hydrogen-bond acceptors (Lipinski definition) is 3. The lowest BCUT2D eigenvalue weighted by molar-refractivity contribution is 0.112. The first-order valence-electron chi connectivity index (χ1n) is 5.58. The average Bonchev–Trinajstić information content (AvgIpc) is 2.31. The zero-order chi connectivity index (χ0) is 12.0. The Morgan fingerprint density at radius 3 is 2.69 bits per heavy atom. The molecule has 88 valence electrons. The van der Waals surface area contributed by atoms with Crippen LogP contribution < -0.4 is 4.74 Å². The van der Waals surface area contributed by atoms with Crippen molar-refractivity contribution in [2.24, 2.45) is 0 Å². The minimum absolute atomic E-state index is 0.100. The summed E-state index contributed by atoms with van der Waals surface area (Å²) in [5.41, 5.74) is 1.25. The van der Waals surface area contributed by atoms with Crippen molar-refractivity contribution in [2.45, 2.75) is 32.6 Å². The Kier molecular flexibility index (Phi) is 4.83. The molecule has 0 spiro atoms. The molecule has 3 heteroatoms. The number of rotatable bonds is 6. The number of aldehydes is 1. The van der Waals surface area contributed by atoms with E-state index in [4.69, 9.17) is 4.74 Å². The number of methoxy groups -OCH3 is 1. The number of unbranched alkanes of at least 4 members (excludes halogenated alkanes) is 2. The number of hydrogen-bond donors (Lipinski definition) is 1. The maximum Gasteiger partial charge on any atom is 0.161 e. The second kappa shape index (κ2) is 6.16. The number of carbonyl (C=O) groups excluding carboxylic acids is 1. The minimum Gasteiger partial charge on any atom is -0.504 e. The Hall–Kier alpha value is -1.51. The van der Waals surface area contributed by atoms with Crippen molar-refractivity contribution in [1.29, 1.82) is 0 Å². The number of carbonyl (C=O) groups is 1. The second-order valence-corrected chi connectivity index (χ2v) is 3.76. The highest BCUT2D eigenvalue weighted by molar-refractivity contribution is 5.79. The summed E-state index contributed by atoms with van der Waals surface area (Å²) in [5, 5.41) is 9.92. The van der Waals surface area contributed by atoms with Gasteiger partial charge in [0.1, 0.15) is 6.29 Å². The molecule has 3 nitrogen and oxygen atoms in total. The zero-order valence-electron chi connectivity index (χ0n) is 9.82. The maximum absolute atomic E-state index is 10.9. The number of aromatic hydroxyl groups is 1. The highest BCUT2D eigenvalue weighted by Crippen LogP contribution is 2.32. The van der Waals surface area contributed by atoms with E-state index in [1.165, 1.54) is 7.11 Å². The van der Waals surface area contributed by atoms with E-state index in [9.17, 15) is 9.90 Å². The van der Waals surface area contributed by atoms with Crippen LogP contribution in [0.2, 0.25) is 0 Å². The van der Waals surface area contributed by atoms with Crippen molar-refractivity contribution in [3.63, 3.8) is 0 Å². The van der Waals surface area contributed by atoms with Crippen LogP contribution in [0.5, 0.6) is 11.5 Å². The van der Waals surface area contributed by atoms with Crippen LogP contribution in [-0.4, -0.2) is 18.5 Å². The van der Waals surface area contributed by atoms with E-state index < -0.39 is 0 Å². The van der Waals surface area contributed by atoms with Gasteiger partial charge in [-0.05, 0) is 25.0 Å². The molecule has 1 aromatic rings. The summed E-state index contributed by atoms with van der Waals surface area (Å²) in [6.07, 6.45) is 4.67. The standard InChI is InChI=1S/C13H18O3/c1-3-4-5-6-11-10(9-14)7-8-12(16-2)13(11)15/h7-9,15H,3-6H2,1-2H3. The van der Waals surface area contributed by atoms with Gasteiger partial charge in [-0.2, -0.15) is 0 Å². The fourth-order valence-electron chi connectivity index (χ4n) is 1.72. The first kappa shape index (κ1) is 12.6. The van der Waals surface area contributed by atoms with Gasteiger partial charge in [0.25, 0.3) is 0 Å². The number of ether oxygens (including phenoxy) is 1. The maximum atomic E-state index is 10.9. The molecule has 0 saturated heterocycles. The lowest BCUT2D eigenvalue weighted by Gasteiger charge is -2.10. The molecular formula is C13H18O3. The molecule has 0 unspecified atom stereocenters. The Labute approximate surface area is 96.1 Å². The first-order chi connectivity index (χ1) is 7.74. The van der Waals surface area contributed by atoms with Crippen LogP contribution in [0.15, 0.2) is 12.1 Å². The van der Waals surface area contributed by atoms with Crippen LogP contribution in [0.3, 0.4) is 0 Å². The molecule has 0 radical (unpaired) electrons. The highest BCUT2D eigenvalue weighted by atomic mass is 16.5. The summed E-state index contributed by atoms with van der Waals surface area (Å²) >= 11 is 0. The summed E-state index contributed by atoms with van der Waals surface area (Å²) < 4.78 is 5.03. The molecular weight excluding hydrogens is 204 g/mol. The molecule has 1 N–H and O–H groups in total. The van der Waals surface area contributed by atoms with E-state index in [1.54, 1.807) is 12.1 Å². The Balaban J connectivity index is 2.96. The van der Waals surface area contributed by atoms with Crippen LogP contribution in [0.1, 0.15) is 42.1 Å². The largest absolute Gasteiger partial charge is 0.504 e. The van der Waals surface area contributed by atoms with E-state index in [0.29, 0.717) is 23.3 Å². The molecule has 16 heavy (non-hydrogen) atoms. The fraction of sp³-hybridized carbons (Fsp3) is 0.462. The van der Waals surface area contributed by atoms with Crippen molar-refractivity contribution in [1.82, 2.24) is 0 Å². The van der Waals surface area contributed by atoms with Gasteiger partial charge in [-0.15, -0.1) is 0 Å². The van der Waals surface area contributed by atoms with Crippen molar-refractivity contribution >= 4 is 6.29 Å². The van der Waals surface area contributed by atoms with Crippen molar-refractivity contribution < 1.29 is 14.6 Å². The Morgan fingerprint density at radius 2 is 2.12 bits per heavy atom. The summed E-state index contributed by atoms with van der Waals surface area (Å²) in [6, 6.07) is 3.30. The van der Waals surface area contributed by atoms with Gasteiger partial charge in [0.2, 0.25) is 0 Å². The zero-order valence-corrected chi connectivity index (χ0v) is 9.82. The number of phenols is 1. The second-order valence-electron chi connectivity index (χ2n) is 3.76. The molecule has 0 amide bonds. The quantitative estimate of drug-likeness (QED) is 0.594. The van der Waals surface area contributed by atoms with Crippen molar-refractivity contribution in [2.75, 3.05) is 7.11 Å². The van der Waals surface area contributed by atoms with Crippen LogP contribution in [0.4, 0.5) is 0 Å². The third-order valence-corrected chi connectivity index (χ3v) is 2.66. The van der Waals surface area contributed by atoms with Gasteiger partial charge < -0.3 is 9.84 Å². The first-order valence-corrected chi connectivity index (χ1v) is 5.58. The van der Waals surface area contributed by atoms with Gasteiger partial charge in [0.05, 0.1) is 7.11 Å². The smallest absolute Gasteiger partial charge is 0.161 e. The third-order valence-electron chi connectivity index (χ3n) is 2.66. The van der Waals surface area contributed by atoms with E-state index in [1.807, 2.05) is 0 Å². The van der Waals surface area contributed by atoms with Gasteiger partial charge in [-0.1, -0.05) is 19.8 Å². The molecule has 0 heterocycles. The molecule has 0 saturated carbocycles. The van der Waals surface area contributed by atoms with Crippen molar-refractivity contribution in [3.8, 4) is 11.5 Å². The Morgan fingerprint density at radius 1 is 1.38 bits per heavy atom. The Bertz CT molecular complexity index is 358. The van der Waals surface area contributed by atoms with E-state index in [0.717, 1.165) is 25.5 Å². The minimum atomic E-state index is 0.100. The van der Waals surface area contributed by atoms with Crippen LogP contribution in [0.25, 0.3) is 0 Å². The van der Waals surface area contributed by atoms with Gasteiger partial charge in [-0.25, -0.2) is 0 Å². The average molecular weight is 222 g/mol. The third kappa shape index (κ3) is 2.75. The normalized spacial score (nSPS) is 10.1. The van der Waals surface area contributed by atoms with E-state index in [-0.39, 0.29) is 5.75 Å². The molecule has 0 aliphatic heterocycles.